The molecular weight excluding hydrogens is 534 g/mol. The van der Waals surface area contributed by atoms with E-state index in [-0.39, 0.29) is 12.5 Å². The highest BCUT2D eigenvalue weighted by atomic mass is 79.9. The average Bonchev–Trinajstić information content (AvgIpc) is 2.76. The Bertz CT molecular complexity index is 1150. The molecule has 0 bridgehead atoms. The summed E-state index contributed by atoms with van der Waals surface area (Å²) >= 11 is 3.38. The van der Waals surface area contributed by atoms with Crippen LogP contribution < -0.4 is 14.4 Å². The van der Waals surface area contributed by atoms with E-state index in [0.717, 1.165) is 16.1 Å². The molecule has 0 spiro atoms. The third-order valence-corrected chi connectivity index (χ3v) is 6.97. The number of nitrogens with zero attached hydrogens (tertiary/aromatic N) is 2. The molecule has 2 rings (SSSR count). The van der Waals surface area contributed by atoms with Crippen LogP contribution >= 0.6 is 15.9 Å². The van der Waals surface area contributed by atoms with Crippen LogP contribution in [0.4, 0.5) is 5.69 Å². The fraction of sp³-hybridized carbons (Fsp3) is 0.440. The number of methoxy groups -OCH3 is 1. The Hall–Kier alpha value is -2.59. The molecule has 1 atom stereocenters. The molecule has 2 aromatic rings. The van der Waals surface area contributed by atoms with Gasteiger partial charge in [0.1, 0.15) is 18.3 Å². The largest absolute Gasteiger partial charge is 0.497 e. The van der Waals surface area contributed by atoms with Gasteiger partial charge in [0.05, 0.1) is 19.1 Å². The predicted octanol–water partition coefficient (Wildman–Crippen LogP) is 3.95. The van der Waals surface area contributed by atoms with Crippen LogP contribution in [-0.2, 0) is 26.2 Å². The van der Waals surface area contributed by atoms with Gasteiger partial charge >= 0.3 is 0 Å². The number of para-hydroxylation sites is 1. The molecule has 0 aliphatic rings. The number of sulfonamides is 1. The molecule has 10 heteroatoms. The van der Waals surface area contributed by atoms with E-state index in [1.54, 1.807) is 49.6 Å². The standard InChI is InChI=1S/C25H34BrN3O5S/c1-7-21(24(31)27-25(2,3)4)28(16-18-11-10-12-19(15-18)34-5)23(30)17-29(35(6,32)33)22-14-9-8-13-20(22)26/h8-15,21H,7,16-17H2,1-6H3,(H,27,31)/t21-/m1/s1. The molecule has 8 nitrogen and oxygen atoms in total. The maximum atomic E-state index is 13.7. The zero-order valence-electron chi connectivity index (χ0n) is 21.0. The van der Waals surface area contributed by atoms with Crippen molar-refractivity contribution in [3.05, 3.63) is 58.6 Å². The highest BCUT2D eigenvalue weighted by Gasteiger charge is 2.33. The Kier molecular flexibility index (Phi) is 9.74. The minimum Gasteiger partial charge on any atom is -0.497 e. The van der Waals surface area contributed by atoms with Crippen molar-refractivity contribution in [1.29, 1.82) is 0 Å². The van der Waals surface area contributed by atoms with E-state index in [4.69, 9.17) is 4.74 Å². The molecule has 192 valence electrons. The molecule has 0 fully saturated rings. The third-order valence-electron chi connectivity index (χ3n) is 5.17. The topological polar surface area (TPSA) is 96.0 Å². The lowest BCUT2D eigenvalue weighted by Crippen LogP contribution is -2.55. The second-order valence-electron chi connectivity index (χ2n) is 9.26. The van der Waals surface area contributed by atoms with Crippen molar-refractivity contribution in [3.8, 4) is 5.75 Å². The van der Waals surface area contributed by atoms with E-state index >= 15 is 0 Å². The third kappa shape index (κ3) is 8.24. The Morgan fingerprint density at radius 1 is 1.11 bits per heavy atom. The number of ether oxygens (including phenoxy) is 1. The molecule has 35 heavy (non-hydrogen) atoms. The van der Waals surface area contributed by atoms with Crippen LogP contribution in [0.2, 0.25) is 0 Å². The number of carbonyl (C=O) groups excluding carboxylic acids is 2. The van der Waals surface area contributed by atoms with E-state index < -0.39 is 34.1 Å². The highest BCUT2D eigenvalue weighted by Crippen LogP contribution is 2.28. The Morgan fingerprint density at radius 3 is 2.31 bits per heavy atom. The summed E-state index contributed by atoms with van der Waals surface area (Å²) in [7, 11) is -2.25. The zero-order chi connectivity index (χ0) is 26.4. The first-order chi connectivity index (χ1) is 16.3. The van der Waals surface area contributed by atoms with Gasteiger partial charge < -0.3 is 15.0 Å². The normalized spacial score (nSPS) is 12.5. The van der Waals surface area contributed by atoms with Crippen LogP contribution in [0, 0.1) is 0 Å². The molecule has 0 heterocycles. The maximum absolute atomic E-state index is 13.7. The second kappa shape index (κ2) is 11.9. The van der Waals surface area contributed by atoms with E-state index in [9.17, 15) is 18.0 Å². The number of benzene rings is 2. The van der Waals surface area contributed by atoms with Crippen LogP contribution in [0.25, 0.3) is 0 Å². The van der Waals surface area contributed by atoms with Crippen LogP contribution in [0.3, 0.4) is 0 Å². The lowest BCUT2D eigenvalue weighted by molar-refractivity contribution is -0.141. The summed E-state index contributed by atoms with van der Waals surface area (Å²) in [5.74, 6) is -0.180. The fourth-order valence-electron chi connectivity index (χ4n) is 3.59. The first-order valence-electron chi connectivity index (χ1n) is 11.2. The number of hydrogen-bond donors (Lipinski definition) is 1. The van der Waals surface area contributed by atoms with Gasteiger partial charge in [0, 0.05) is 16.6 Å². The first-order valence-corrected chi connectivity index (χ1v) is 13.9. The molecule has 2 aromatic carbocycles. The van der Waals surface area contributed by atoms with Crippen molar-refractivity contribution in [2.24, 2.45) is 0 Å². The zero-order valence-corrected chi connectivity index (χ0v) is 23.4. The highest BCUT2D eigenvalue weighted by molar-refractivity contribution is 9.10. The van der Waals surface area contributed by atoms with Crippen molar-refractivity contribution in [2.45, 2.75) is 52.2 Å². The number of nitrogens with one attached hydrogen (secondary N) is 1. The number of carbonyl (C=O) groups is 2. The molecular formula is C25H34BrN3O5S. The summed E-state index contributed by atoms with van der Waals surface area (Å²) in [6, 6.07) is 13.2. The summed E-state index contributed by atoms with van der Waals surface area (Å²) in [5.41, 5.74) is 0.603. The van der Waals surface area contributed by atoms with Crippen LogP contribution in [0.15, 0.2) is 53.0 Å². The second-order valence-corrected chi connectivity index (χ2v) is 12.0. The molecule has 1 N–H and O–H groups in total. The smallest absolute Gasteiger partial charge is 0.244 e. The molecule has 0 radical (unpaired) electrons. The Labute approximate surface area is 216 Å². The number of anilines is 1. The molecule has 0 saturated heterocycles. The quantitative estimate of drug-likeness (QED) is 0.469. The number of halogens is 1. The number of hydrogen-bond acceptors (Lipinski definition) is 5. The average molecular weight is 569 g/mol. The summed E-state index contributed by atoms with van der Waals surface area (Å²) in [6.45, 7) is 7.07. The van der Waals surface area contributed by atoms with Gasteiger partial charge in [-0.15, -0.1) is 0 Å². The maximum Gasteiger partial charge on any atom is 0.244 e. The van der Waals surface area contributed by atoms with Gasteiger partial charge in [0.25, 0.3) is 0 Å². The van der Waals surface area contributed by atoms with Crippen LogP contribution in [0.5, 0.6) is 5.75 Å². The summed E-state index contributed by atoms with van der Waals surface area (Å²) in [4.78, 5) is 28.3. The lowest BCUT2D eigenvalue weighted by atomic mass is 10.1. The van der Waals surface area contributed by atoms with E-state index in [1.165, 1.54) is 4.90 Å². The SMILES string of the molecule is CC[C@H](C(=O)NC(C)(C)C)N(Cc1cccc(OC)c1)C(=O)CN(c1ccccc1Br)S(C)(=O)=O. The molecule has 0 aromatic heterocycles. The molecule has 0 aliphatic carbocycles. The van der Waals surface area contributed by atoms with Crippen LogP contribution in [0.1, 0.15) is 39.7 Å². The first kappa shape index (κ1) is 28.6. The summed E-state index contributed by atoms with van der Waals surface area (Å²) in [5, 5.41) is 2.94. The van der Waals surface area contributed by atoms with Gasteiger partial charge in [-0.2, -0.15) is 0 Å². The lowest BCUT2D eigenvalue weighted by Gasteiger charge is -2.34. The van der Waals surface area contributed by atoms with Gasteiger partial charge in [-0.3, -0.25) is 13.9 Å². The number of amides is 2. The predicted molar refractivity (Wildman–Crippen MR) is 142 cm³/mol. The summed E-state index contributed by atoms with van der Waals surface area (Å²) < 4.78 is 32.3. The number of rotatable bonds is 10. The Balaban J connectivity index is 2.49. The Morgan fingerprint density at radius 2 is 1.77 bits per heavy atom. The van der Waals surface area contributed by atoms with Gasteiger partial charge in [-0.05, 0) is 73.0 Å². The molecule has 2 amide bonds. The van der Waals surface area contributed by atoms with Crippen LogP contribution in [-0.4, -0.2) is 56.6 Å². The molecule has 0 saturated carbocycles. The van der Waals surface area contributed by atoms with Crippen molar-refractivity contribution in [3.63, 3.8) is 0 Å². The van der Waals surface area contributed by atoms with Gasteiger partial charge in [0.15, 0.2) is 0 Å². The van der Waals surface area contributed by atoms with Gasteiger partial charge in [-0.25, -0.2) is 8.42 Å². The minimum absolute atomic E-state index is 0.111. The van der Waals surface area contributed by atoms with Crippen molar-refractivity contribution in [2.75, 3.05) is 24.2 Å². The fourth-order valence-corrected chi connectivity index (χ4v) is 5.07. The van der Waals surface area contributed by atoms with Crippen molar-refractivity contribution >= 4 is 43.5 Å². The van der Waals surface area contributed by atoms with Crippen molar-refractivity contribution in [1.82, 2.24) is 10.2 Å². The van der Waals surface area contributed by atoms with E-state index in [2.05, 4.69) is 21.2 Å². The van der Waals surface area contributed by atoms with E-state index in [1.807, 2.05) is 33.8 Å². The van der Waals surface area contributed by atoms with Gasteiger partial charge in [0.2, 0.25) is 21.8 Å². The van der Waals surface area contributed by atoms with Gasteiger partial charge in [-0.1, -0.05) is 31.2 Å². The molecule has 0 aliphatic heterocycles. The minimum atomic E-state index is -3.80. The van der Waals surface area contributed by atoms with Crippen molar-refractivity contribution < 1.29 is 22.7 Å². The summed E-state index contributed by atoms with van der Waals surface area (Å²) in [6.07, 6.45) is 1.40. The molecule has 0 unspecified atom stereocenters. The van der Waals surface area contributed by atoms with E-state index in [0.29, 0.717) is 22.3 Å². The monoisotopic (exact) mass is 567 g/mol.